The number of carbonyl (C=O) groups excluding carboxylic acids is 2. The number of hydrogen-bond acceptors (Lipinski definition) is 5. The SMILES string of the molecule is CC(=O)OI(OC(C)=O)c1cccc(C(=O)O)c1. The van der Waals surface area contributed by atoms with Crippen LogP contribution < -0.4 is 0 Å². The van der Waals surface area contributed by atoms with E-state index in [0.717, 1.165) is 0 Å². The Kier molecular flexibility index (Phi) is 5.08. The van der Waals surface area contributed by atoms with E-state index in [1.54, 1.807) is 6.07 Å². The fourth-order valence-electron chi connectivity index (χ4n) is 1.02. The topological polar surface area (TPSA) is 89.9 Å². The third-order valence-electron chi connectivity index (χ3n) is 1.61. The van der Waals surface area contributed by atoms with E-state index in [1.807, 2.05) is 0 Å². The van der Waals surface area contributed by atoms with Crippen molar-refractivity contribution in [3.63, 3.8) is 0 Å². The zero-order valence-electron chi connectivity index (χ0n) is 9.68. The molecule has 0 saturated carbocycles. The molecule has 98 valence electrons. The van der Waals surface area contributed by atoms with Gasteiger partial charge in [-0.05, 0) is 0 Å². The number of carbonyl (C=O) groups is 3. The molecule has 1 N–H and O–H groups in total. The van der Waals surface area contributed by atoms with E-state index < -0.39 is 38.6 Å². The Bertz CT molecular complexity index is 468. The maximum absolute atomic E-state index is 10.9. The van der Waals surface area contributed by atoms with Crippen LogP contribution >= 0.6 is 20.6 Å². The molecule has 1 aromatic rings. The van der Waals surface area contributed by atoms with Crippen molar-refractivity contribution in [3.8, 4) is 0 Å². The molecule has 0 fully saturated rings. The fraction of sp³-hybridized carbons (Fsp3) is 0.182. The van der Waals surface area contributed by atoms with Gasteiger partial charge >= 0.3 is 111 Å². The molecule has 0 atom stereocenters. The molecule has 18 heavy (non-hydrogen) atoms. The van der Waals surface area contributed by atoms with E-state index in [1.165, 1.54) is 32.0 Å². The molecule has 0 spiro atoms. The minimum atomic E-state index is -2.93. The van der Waals surface area contributed by atoms with E-state index in [0.29, 0.717) is 3.57 Å². The zero-order chi connectivity index (χ0) is 13.7. The van der Waals surface area contributed by atoms with Crippen LogP contribution in [-0.4, -0.2) is 23.0 Å². The van der Waals surface area contributed by atoms with Crippen LogP contribution in [0.2, 0.25) is 0 Å². The first kappa shape index (κ1) is 14.4. The second-order valence-corrected chi connectivity index (χ2v) is 6.54. The van der Waals surface area contributed by atoms with Gasteiger partial charge in [0, 0.05) is 0 Å². The number of carboxylic acids is 1. The van der Waals surface area contributed by atoms with Crippen molar-refractivity contribution in [3.05, 3.63) is 33.4 Å². The van der Waals surface area contributed by atoms with Gasteiger partial charge in [-0.2, -0.15) is 0 Å². The number of carboxylic acid groups (broad SMARTS) is 1. The normalized spacial score (nSPS) is 10.4. The van der Waals surface area contributed by atoms with Gasteiger partial charge in [0.1, 0.15) is 0 Å². The molecule has 0 aliphatic carbocycles. The Morgan fingerprint density at radius 2 is 1.67 bits per heavy atom. The second kappa shape index (κ2) is 6.34. The number of aromatic carboxylic acids is 1. The third-order valence-corrected chi connectivity index (χ3v) is 5.34. The molecule has 0 radical (unpaired) electrons. The van der Waals surface area contributed by atoms with Crippen LogP contribution in [0.25, 0.3) is 0 Å². The van der Waals surface area contributed by atoms with Crippen molar-refractivity contribution in [2.45, 2.75) is 13.8 Å². The molecule has 1 aromatic carbocycles. The van der Waals surface area contributed by atoms with Gasteiger partial charge in [0.25, 0.3) is 0 Å². The Balaban J connectivity index is 3.03. The number of hydrogen-bond donors (Lipinski definition) is 1. The van der Waals surface area contributed by atoms with Crippen LogP contribution in [-0.2, 0) is 15.7 Å². The van der Waals surface area contributed by atoms with E-state index in [2.05, 4.69) is 0 Å². The summed E-state index contributed by atoms with van der Waals surface area (Å²) in [6.45, 7) is 2.41. The van der Waals surface area contributed by atoms with E-state index in [9.17, 15) is 14.4 Å². The Morgan fingerprint density at radius 3 is 2.11 bits per heavy atom. The molecule has 0 bridgehead atoms. The van der Waals surface area contributed by atoms with Crippen molar-refractivity contribution in [2.75, 3.05) is 0 Å². The van der Waals surface area contributed by atoms with Gasteiger partial charge in [0.2, 0.25) is 0 Å². The van der Waals surface area contributed by atoms with Crippen molar-refractivity contribution in [1.29, 1.82) is 0 Å². The van der Waals surface area contributed by atoms with Crippen molar-refractivity contribution in [1.82, 2.24) is 0 Å². The first-order valence-electron chi connectivity index (χ1n) is 4.81. The van der Waals surface area contributed by atoms with Crippen LogP contribution in [0.5, 0.6) is 0 Å². The van der Waals surface area contributed by atoms with Gasteiger partial charge in [-0.25, -0.2) is 0 Å². The molecular weight excluding hydrogens is 355 g/mol. The second-order valence-electron chi connectivity index (χ2n) is 3.17. The summed E-state index contributed by atoms with van der Waals surface area (Å²) in [4.78, 5) is 32.7. The predicted molar refractivity (Wildman–Crippen MR) is 69.7 cm³/mol. The summed E-state index contributed by atoms with van der Waals surface area (Å²) >= 11 is -2.93. The molecule has 0 amide bonds. The predicted octanol–water partition coefficient (Wildman–Crippen LogP) is 2.02. The monoisotopic (exact) mass is 366 g/mol. The van der Waals surface area contributed by atoms with Gasteiger partial charge < -0.3 is 0 Å². The number of halogens is 1. The Morgan fingerprint density at radius 1 is 1.11 bits per heavy atom. The van der Waals surface area contributed by atoms with Crippen molar-refractivity contribution in [2.24, 2.45) is 0 Å². The summed E-state index contributed by atoms with van der Waals surface area (Å²) < 4.78 is 10.4. The van der Waals surface area contributed by atoms with Crippen molar-refractivity contribution < 1.29 is 25.6 Å². The summed E-state index contributed by atoms with van der Waals surface area (Å²) in [6.07, 6.45) is 0. The molecule has 0 aromatic heterocycles. The van der Waals surface area contributed by atoms with Gasteiger partial charge in [0.15, 0.2) is 0 Å². The van der Waals surface area contributed by atoms with Crippen LogP contribution in [0.3, 0.4) is 0 Å². The Hall–Kier alpha value is -1.64. The molecule has 0 aliphatic rings. The minimum absolute atomic E-state index is 0.0501. The summed E-state index contributed by atoms with van der Waals surface area (Å²) in [5, 5.41) is 8.86. The fourth-order valence-corrected chi connectivity index (χ4v) is 3.84. The van der Waals surface area contributed by atoms with Crippen LogP contribution in [0.1, 0.15) is 24.2 Å². The van der Waals surface area contributed by atoms with Gasteiger partial charge in [-0.3, -0.25) is 0 Å². The Labute approximate surface area is 111 Å². The summed E-state index contributed by atoms with van der Waals surface area (Å²) in [5.74, 6) is -2.23. The summed E-state index contributed by atoms with van der Waals surface area (Å²) in [5.41, 5.74) is 0.0501. The first-order chi connectivity index (χ1) is 8.40. The standard InChI is InChI=1S/C11H11IO6/c1-7(13)17-12(18-8(2)14)10-5-3-4-9(6-10)11(15)16/h3-6H,1-2H3,(H,15,16). The molecule has 6 nitrogen and oxygen atoms in total. The van der Waals surface area contributed by atoms with Gasteiger partial charge in [-0.1, -0.05) is 0 Å². The molecular formula is C11H11IO6. The first-order valence-corrected chi connectivity index (χ1v) is 7.65. The molecule has 0 aliphatic heterocycles. The molecule has 7 heteroatoms. The average Bonchev–Trinajstić information content (AvgIpc) is 2.27. The quantitative estimate of drug-likeness (QED) is 0.821. The maximum atomic E-state index is 10.9. The summed E-state index contributed by atoms with van der Waals surface area (Å²) in [6, 6.07) is 5.83. The van der Waals surface area contributed by atoms with E-state index in [4.69, 9.17) is 11.2 Å². The number of benzene rings is 1. The molecule has 0 saturated heterocycles. The molecule has 1 rings (SSSR count). The average molecular weight is 366 g/mol. The van der Waals surface area contributed by atoms with E-state index >= 15 is 0 Å². The van der Waals surface area contributed by atoms with Crippen LogP contribution in [0, 0.1) is 3.57 Å². The summed E-state index contributed by atoms with van der Waals surface area (Å²) in [7, 11) is 0. The van der Waals surface area contributed by atoms with E-state index in [-0.39, 0.29) is 5.56 Å². The zero-order valence-corrected chi connectivity index (χ0v) is 11.8. The van der Waals surface area contributed by atoms with Gasteiger partial charge in [-0.15, -0.1) is 0 Å². The van der Waals surface area contributed by atoms with Gasteiger partial charge in [0.05, 0.1) is 0 Å². The van der Waals surface area contributed by atoms with Crippen LogP contribution in [0.4, 0.5) is 0 Å². The molecule has 0 heterocycles. The number of rotatable bonds is 4. The van der Waals surface area contributed by atoms with Crippen molar-refractivity contribution >= 4 is 38.6 Å². The molecule has 0 unspecified atom stereocenters. The third kappa shape index (κ3) is 4.32. The van der Waals surface area contributed by atoms with Crippen LogP contribution in [0.15, 0.2) is 24.3 Å².